The third kappa shape index (κ3) is 4.15. The summed E-state index contributed by atoms with van der Waals surface area (Å²) in [5, 5.41) is 8.51. The van der Waals surface area contributed by atoms with Crippen LogP contribution < -0.4 is 4.90 Å². The summed E-state index contributed by atoms with van der Waals surface area (Å²) < 4.78 is 0. The smallest absolute Gasteiger partial charge is 0.253 e. The Hall–Kier alpha value is -3.71. The Morgan fingerprint density at radius 2 is 1.65 bits per heavy atom. The number of likely N-dealkylation sites (N-methyl/N-ethyl adjacent to an activating group) is 1. The van der Waals surface area contributed by atoms with E-state index in [2.05, 4.69) is 62.4 Å². The van der Waals surface area contributed by atoms with Crippen LogP contribution in [0.1, 0.15) is 15.9 Å². The van der Waals surface area contributed by atoms with E-state index in [1.165, 1.54) is 5.69 Å². The van der Waals surface area contributed by atoms with Crippen molar-refractivity contribution in [1.82, 2.24) is 25.0 Å². The molecule has 5 rings (SSSR count). The van der Waals surface area contributed by atoms with Crippen LogP contribution in [0.5, 0.6) is 0 Å². The lowest BCUT2D eigenvalue weighted by atomic mass is 10.00. The minimum atomic E-state index is 0.00231. The monoisotopic (exact) mass is 454 g/mol. The molecule has 7 heteroatoms. The first kappa shape index (κ1) is 22.1. The van der Waals surface area contributed by atoms with Gasteiger partial charge in [0.05, 0.1) is 5.69 Å². The Bertz CT molecular complexity index is 1330. The predicted octanol–water partition coefficient (Wildman–Crippen LogP) is 4.05. The van der Waals surface area contributed by atoms with Gasteiger partial charge in [0.15, 0.2) is 5.65 Å². The van der Waals surface area contributed by atoms with Crippen molar-refractivity contribution in [2.75, 3.05) is 52.2 Å². The van der Waals surface area contributed by atoms with E-state index in [4.69, 9.17) is 0 Å². The molecule has 3 heterocycles. The third-order valence-corrected chi connectivity index (χ3v) is 6.63. The second-order valence-corrected chi connectivity index (χ2v) is 9.26. The van der Waals surface area contributed by atoms with Crippen LogP contribution in [-0.2, 0) is 0 Å². The van der Waals surface area contributed by atoms with E-state index < -0.39 is 0 Å². The lowest BCUT2D eigenvalue weighted by Crippen LogP contribution is -2.44. The second kappa shape index (κ2) is 8.91. The van der Waals surface area contributed by atoms with Crippen molar-refractivity contribution >= 4 is 22.6 Å². The van der Waals surface area contributed by atoms with Gasteiger partial charge in [0, 0.05) is 74.2 Å². The van der Waals surface area contributed by atoms with Gasteiger partial charge in [-0.15, -0.1) is 0 Å². The number of carbonyl (C=O) groups excluding carboxylic acids is 1. The number of hydrogen-bond donors (Lipinski definition) is 1. The van der Waals surface area contributed by atoms with E-state index in [-0.39, 0.29) is 5.91 Å². The van der Waals surface area contributed by atoms with Crippen LogP contribution in [-0.4, -0.2) is 78.2 Å². The van der Waals surface area contributed by atoms with Gasteiger partial charge in [-0.25, -0.2) is 4.98 Å². The Morgan fingerprint density at radius 3 is 2.32 bits per heavy atom. The molecular weight excluding hydrogens is 424 g/mol. The van der Waals surface area contributed by atoms with E-state index in [0.29, 0.717) is 11.2 Å². The molecule has 174 valence electrons. The average Bonchev–Trinajstić information content (AvgIpc) is 3.27. The molecule has 0 aliphatic carbocycles. The minimum absolute atomic E-state index is 0.00231. The number of nitrogens with zero attached hydrogens (tertiary/aromatic N) is 5. The zero-order chi connectivity index (χ0) is 23.8. The van der Waals surface area contributed by atoms with Crippen LogP contribution >= 0.6 is 0 Å². The number of aromatic amines is 1. The Kier molecular flexibility index (Phi) is 5.79. The highest BCUT2D eigenvalue weighted by molar-refractivity contribution is 5.97. The number of aromatic nitrogens is 3. The molecule has 0 unspecified atom stereocenters. The topological polar surface area (TPSA) is 68.4 Å². The van der Waals surface area contributed by atoms with Crippen molar-refractivity contribution in [2.24, 2.45) is 0 Å². The first-order valence-electron chi connectivity index (χ1n) is 11.6. The summed E-state index contributed by atoms with van der Waals surface area (Å²) in [4.78, 5) is 23.4. The fourth-order valence-corrected chi connectivity index (χ4v) is 4.51. The summed E-state index contributed by atoms with van der Waals surface area (Å²) in [6, 6.07) is 16.8. The molecule has 1 amide bonds. The maximum atomic E-state index is 12.4. The Labute approximate surface area is 200 Å². The zero-order valence-corrected chi connectivity index (χ0v) is 20.2. The van der Waals surface area contributed by atoms with Gasteiger partial charge < -0.3 is 14.7 Å². The second-order valence-electron chi connectivity index (χ2n) is 9.26. The van der Waals surface area contributed by atoms with Gasteiger partial charge >= 0.3 is 0 Å². The normalized spacial score (nSPS) is 14.5. The maximum Gasteiger partial charge on any atom is 0.253 e. The summed E-state index contributed by atoms with van der Waals surface area (Å²) >= 11 is 0. The Morgan fingerprint density at radius 1 is 0.941 bits per heavy atom. The van der Waals surface area contributed by atoms with E-state index in [1.807, 2.05) is 31.3 Å². The molecule has 1 fully saturated rings. The van der Waals surface area contributed by atoms with Crippen LogP contribution in [0, 0.1) is 6.92 Å². The molecule has 0 atom stereocenters. The number of pyridine rings is 1. The quantitative estimate of drug-likeness (QED) is 0.504. The fourth-order valence-electron chi connectivity index (χ4n) is 4.51. The molecule has 0 spiro atoms. The van der Waals surface area contributed by atoms with Crippen molar-refractivity contribution in [3.8, 4) is 22.4 Å². The zero-order valence-electron chi connectivity index (χ0n) is 20.2. The molecule has 1 saturated heterocycles. The third-order valence-electron chi connectivity index (χ3n) is 6.63. The molecule has 2 aromatic heterocycles. The molecule has 0 bridgehead atoms. The molecule has 1 N–H and O–H groups in total. The van der Waals surface area contributed by atoms with Crippen LogP contribution in [0.3, 0.4) is 0 Å². The molecular formula is C27H30N6O. The van der Waals surface area contributed by atoms with E-state index in [0.717, 1.165) is 59.5 Å². The number of H-pyrrole nitrogens is 1. The van der Waals surface area contributed by atoms with Gasteiger partial charge in [0.1, 0.15) is 0 Å². The van der Waals surface area contributed by atoms with Gasteiger partial charge in [-0.3, -0.25) is 9.89 Å². The number of amides is 1. The number of hydrogen-bond acceptors (Lipinski definition) is 5. The fraction of sp³-hybridized carbons (Fsp3) is 0.296. The number of carbonyl (C=O) groups is 1. The molecule has 1 aliphatic rings. The predicted molar refractivity (Wildman–Crippen MR) is 137 cm³/mol. The highest BCUT2D eigenvalue weighted by Gasteiger charge is 2.16. The van der Waals surface area contributed by atoms with Crippen LogP contribution in [0.15, 0.2) is 54.7 Å². The van der Waals surface area contributed by atoms with Crippen molar-refractivity contribution in [1.29, 1.82) is 0 Å². The SMILES string of the molecule is Cc1cc(-c2[nH]nc3ncc(-c4ccc(N5CCN(C)CC5)cc4)cc23)ccc1C(=O)N(C)C. The van der Waals surface area contributed by atoms with Crippen LogP contribution in [0.4, 0.5) is 5.69 Å². The van der Waals surface area contributed by atoms with Crippen molar-refractivity contribution < 1.29 is 4.79 Å². The van der Waals surface area contributed by atoms with Gasteiger partial charge in [0.25, 0.3) is 5.91 Å². The van der Waals surface area contributed by atoms with Crippen LogP contribution in [0.2, 0.25) is 0 Å². The molecule has 34 heavy (non-hydrogen) atoms. The number of nitrogens with one attached hydrogen (secondary N) is 1. The molecule has 0 radical (unpaired) electrons. The molecule has 0 saturated carbocycles. The summed E-state index contributed by atoms with van der Waals surface area (Å²) in [6.07, 6.45) is 1.88. The van der Waals surface area contributed by atoms with Gasteiger partial charge in [-0.1, -0.05) is 18.2 Å². The van der Waals surface area contributed by atoms with E-state index >= 15 is 0 Å². The van der Waals surface area contributed by atoms with Gasteiger partial charge in [0.2, 0.25) is 0 Å². The minimum Gasteiger partial charge on any atom is -0.369 e. The number of benzene rings is 2. The van der Waals surface area contributed by atoms with Crippen LogP contribution in [0.25, 0.3) is 33.4 Å². The number of anilines is 1. The van der Waals surface area contributed by atoms with Crippen molar-refractivity contribution in [2.45, 2.75) is 6.92 Å². The maximum absolute atomic E-state index is 12.4. The number of piperazine rings is 1. The van der Waals surface area contributed by atoms with E-state index in [1.54, 1.807) is 19.0 Å². The summed E-state index contributed by atoms with van der Waals surface area (Å²) in [5.41, 5.74) is 7.65. The first-order chi connectivity index (χ1) is 16.4. The molecule has 1 aliphatic heterocycles. The summed E-state index contributed by atoms with van der Waals surface area (Å²) in [6.45, 7) is 6.26. The number of fused-ring (bicyclic) bond motifs is 1. The molecule has 7 nitrogen and oxygen atoms in total. The lowest BCUT2D eigenvalue weighted by molar-refractivity contribution is 0.0827. The highest BCUT2D eigenvalue weighted by Crippen LogP contribution is 2.31. The number of aryl methyl sites for hydroxylation is 1. The average molecular weight is 455 g/mol. The van der Waals surface area contributed by atoms with Gasteiger partial charge in [-0.05, 0) is 55.4 Å². The summed E-state index contributed by atoms with van der Waals surface area (Å²) in [5.74, 6) is 0.00231. The van der Waals surface area contributed by atoms with Crippen molar-refractivity contribution in [3.63, 3.8) is 0 Å². The van der Waals surface area contributed by atoms with Crippen molar-refractivity contribution in [3.05, 3.63) is 65.9 Å². The number of rotatable bonds is 4. The molecule has 2 aromatic carbocycles. The van der Waals surface area contributed by atoms with Gasteiger partial charge in [-0.2, -0.15) is 5.10 Å². The highest BCUT2D eigenvalue weighted by atomic mass is 16.2. The van der Waals surface area contributed by atoms with E-state index in [9.17, 15) is 4.79 Å². The lowest BCUT2D eigenvalue weighted by Gasteiger charge is -2.34. The Balaban J connectivity index is 1.45. The standard InChI is InChI=1S/C27H30N6O/c1-18-15-20(7-10-23(18)27(34)31(2)3)25-24-16-21(17-28-26(24)30-29-25)19-5-8-22(9-6-19)33-13-11-32(4)12-14-33/h5-10,15-17H,11-14H2,1-4H3,(H,28,29,30). The molecule has 4 aromatic rings. The summed E-state index contributed by atoms with van der Waals surface area (Å²) in [7, 11) is 5.71. The first-order valence-corrected chi connectivity index (χ1v) is 11.6. The largest absolute Gasteiger partial charge is 0.369 e.